The van der Waals surface area contributed by atoms with Crippen LogP contribution in [0, 0.1) is 5.41 Å². The highest BCUT2D eigenvalue weighted by atomic mass is 16.4. The first-order chi connectivity index (χ1) is 7.16. The van der Waals surface area contributed by atoms with Crippen molar-refractivity contribution in [2.24, 2.45) is 5.41 Å². The van der Waals surface area contributed by atoms with Crippen molar-refractivity contribution < 1.29 is 19.5 Å². The summed E-state index contributed by atoms with van der Waals surface area (Å²) in [6.45, 7) is 5.89. The Morgan fingerprint density at radius 2 is 1.81 bits per heavy atom. The minimum Gasteiger partial charge on any atom is -0.481 e. The smallest absolute Gasteiger partial charge is 0.310 e. The van der Waals surface area contributed by atoms with Gasteiger partial charge in [0.15, 0.2) is 0 Å². The Morgan fingerprint density at radius 1 is 1.31 bits per heavy atom. The number of hydrogen-bond donors (Lipinski definition) is 3. The molecule has 0 aromatic rings. The quantitative estimate of drug-likeness (QED) is 0.606. The monoisotopic (exact) mass is 230 g/mol. The summed E-state index contributed by atoms with van der Waals surface area (Å²) in [5.74, 6) is -1.69. The van der Waals surface area contributed by atoms with Crippen molar-refractivity contribution >= 4 is 17.8 Å². The molecule has 0 saturated heterocycles. The van der Waals surface area contributed by atoms with Crippen LogP contribution >= 0.6 is 0 Å². The number of aliphatic carboxylic acids is 1. The summed E-state index contributed by atoms with van der Waals surface area (Å²) in [5, 5.41) is 13.7. The van der Waals surface area contributed by atoms with E-state index in [1.807, 2.05) is 0 Å². The minimum absolute atomic E-state index is 0.0189. The molecule has 0 aliphatic rings. The molecule has 16 heavy (non-hydrogen) atoms. The molecule has 0 spiro atoms. The summed E-state index contributed by atoms with van der Waals surface area (Å²) >= 11 is 0. The van der Waals surface area contributed by atoms with Crippen LogP contribution < -0.4 is 10.6 Å². The molecule has 0 bridgehead atoms. The first-order valence-electron chi connectivity index (χ1n) is 4.95. The summed E-state index contributed by atoms with van der Waals surface area (Å²) in [6, 6.07) is -0.665. The van der Waals surface area contributed by atoms with Crippen LogP contribution in [-0.4, -0.2) is 35.5 Å². The van der Waals surface area contributed by atoms with Crippen molar-refractivity contribution in [3.8, 4) is 0 Å². The molecule has 0 aliphatic carbocycles. The van der Waals surface area contributed by atoms with Gasteiger partial charge in [-0.1, -0.05) is 0 Å². The third-order valence-corrected chi connectivity index (χ3v) is 2.10. The zero-order chi connectivity index (χ0) is 12.9. The molecule has 6 heteroatoms. The number of hydrogen-bond acceptors (Lipinski definition) is 3. The molecule has 0 heterocycles. The minimum atomic E-state index is -1.02. The maximum Gasteiger partial charge on any atom is 0.310 e. The molecule has 0 radical (unpaired) electrons. The number of nitrogens with one attached hydrogen (secondary N) is 2. The zero-order valence-corrected chi connectivity index (χ0v) is 9.96. The van der Waals surface area contributed by atoms with Crippen LogP contribution in [0.3, 0.4) is 0 Å². The van der Waals surface area contributed by atoms with E-state index in [9.17, 15) is 14.4 Å². The number of carbonyl (C=O) groups excluding carboxylic acids is 2. The second kappa shape index (κ2) is 5.48. The molecule has 2 amide bonds. The van der Waals surface area contributed by atoms with Gasteiger partial charge in [-0.2, -0.15) is 0 Å². The fraction of sp³-hybridized carbons (Fsp3) is 0.700. The van der Waals surface area contributed by atoms with E-state index in [-0.39, 0.29) is 12.5 Å². The molecule has 0 aromatic carbocycles. The van der Waals surface area contributed by atoms with Crippen LogP contribution in [0.5, 0.6) is 0 Å². The van der Waals surface area contributed by atoms with Crippen molar-refractivity contribution in [2.45, 2.75) is 33.7 Å². The van der Waals surface area contributed by atoms with Gasteiger partial charge in [-0.15, -0.1) is 0 Å². The third kappa shape index (κ3) is 4.77. The van der Waals surface area contributed by atoms with E-state index >= 15 is 0 Å². The third-order valence-electron chi connectivity index (χ3n) is 2.10. The van der Waals surface area contributed by atoms with Gasteiger partial charge in [-0.25, -0.2) is 0 Å². The Hall–Kier alpha value is -1.59. The number of carbonyl (C=O) groups is 3. The second-order valence-electron chi connectivity index (χ2n) is 4.33. The number of rotatable bonds is 5. The standard InChI is InChI=1S/C10H18N2O4/c1-6(12-7(2)13)8(14)11-5-10(3,4)9(15)16/h6H,5H2,1-4H3,(H,11,14)(H,12,13)(H,15,16). The lowest BCUT2D eigenvalue weighted by molar-refractivity contribution is -0.147. The Kier molecular flexibility index (Phi) is 4.94. The maximum atomic E-state index is 11.4. The topological polar surface area (TPSA) is 95.5 Å². The Morgan fingerprint density at radius 3 is 2.19 bits per heavy atom. The molecule has 0 rings (SSSR count). The van der Waals surface area contributed by atoms with Crippen LogP contribution in [0.2, 0.25) is 0 Å². The maximum absolute atomic E-state index is 11.4. The lowest BCUT2D eigenvalue weighted by Crippen LogP contribution is -2.47. The Bertz CT molecular complexity index is 299. The molecule has 0 fully saturated rings. The van der Waals surface area contributed by atoms with E-state index in [4.69, 9.17) is 5.11 Å². The van der Waals surface area contributed by atoms with Crippen molar-refractivity contribution in [3.05, 3.63) is 0 Å². The number of carboxylic acids is 1. The first-order valence-corrected chi connectivity index (χ1v) is 4.95. The summed E-state index contributed by atoms with van der Waals surface area (Å²) in [7, 11) is 0. The summed E-state index contributed by atoms with van der Waals surface area (Å²) in [5.41, 5.74) is -1.02. The van der Waals surface area contributed by atoms with Crippen molar-refractivity contribution in [1.82, 2.24) is 10.6 Å². The van der Waals surface area contributed by atoms with E-state index < -0.39 is 23.3 Å². The van der Waals surface area contributed by atoms with Gasteiger partial charge in [0.1, 0.15) is 6.04 Å². The molecule has 1 unspecified atom stereocenters. The normalized spacial score (nSPS) is 12.8. The fourth-order valence-corrected chi connectivity index (χ4v) is 0.907. The first kappa shape index (κ1) is 14.4. The molecule has 0 saturated carbocycles. The highest BCUT2D eigenvalue weighted by molar-refractivity contribution is 5.86. The fourth-order valence-electron chi connectivity index (χ4n) is 0.907. The van der Waals surface area contributed by atoms with Gasteiger partial charge in [-0.3, -0.25) is 14.4 Å². The van der Waals surface area contributed by atoms with Crippen LogP contribution in [0.4, 0.5) is 0 Å². The molecule has 0 aromatic heterocycles. The van der Waals surface area contributed by atoms with Crippen molar-refractivity contribution in [1.29, 1.82) is 0 Å². The van der Waals surface area contributed by atoms with Crippen molar-refractivity contribution in [2.75, 3.05) is 6.54 Å². The number of amides is 2. The lowest BCUT2D eigenvalue weighted by Gasteiger charge is -2.21. The highest BCUT2D eigenvalue weighted by Gasteiger charge is 2.28. The van der Waals surface area contributed by atoms with Gasteiger partial charge in [0, 0.05) is 13.5 Å². The lowest BCUT2D eigenvalue weighted by atomic mass is 9.94. The van der Waals surface area contributed by atoms with E-state index in [0.717, 1.165) is 0 Å². The van der Waals surface area contributed by atoms with Crippen LogP contribution in [-0.2, 0) is 14.4 Å². The summed E-state index contributed by atoms with van der Waals surface area (Å²) in [6.07, 6.45) is 0. The molecular weight excluding hydrogens is 212 g/mol. The predicted octanol–water partition coefficient (Wildman–Crippen LogP) is -0.262. The molecule has 3 N–H and O–H groups in total. The molecule has 0 aliphatic heterocycles. The molecular formula is C10H18N2O4. The highest BCUT2D eigenvalue weighted by Crippen LogP contribution is 2.12. The van der Waals surface area contributed by atoms with Crippen molar-refractivity contribution in [3.63, 3.8) is 0 Å². The molecule has 1 atom stereocenters. The van der Waals surface area contributed by atoms with Gasteiger partial charge in [0.25, 0.3) is 0 Å². The summed E-state index contributed by atoms with van der Waals surface area (Å²) in [4.78, 5) is 32.9. The van der Waals surface area contributed by atoms with E-state index in [1.54, 1.807) is 0 Å². The van der Waals surface area contributed by atoms with Gasteiger partial charge in [-0.05, 0) is 20.8 Å². The largest absolute Gasteiger partial charge is 0.481 e. The van der Waals surface area contributed by atoms with Crippen LogP contribution in [0.25, 0.3) is 0 Å². The predicted molar refractivity (Wildman–Crippen MR) is 57.7 cm³/mol. The SMILES string of the molecule is CC(=O)NC(C)C(=O)NCC(C)(C)C(=O)O. The van der Waals surface area contributed by atoms with Gasteiger partial charge in [0.2, 0.25) is 11.8 Å². The zero-order valence-electron chi connectivity index (χ0n) is 9.96. The van der Waals surface area contributed by atoms with Crippen LogP contribution in [0.15, 0.2) is 0 Å². The van der Waals surface area contributed by atoms with E-state index in [1.165, 1.54) is 27.7 Å². The Labute approximate surface area is 94.4 Å². The average Bonchev–Trinajstić information content (AvgIpc) is 2.12. The molecule has 92 valence electrons. The van der Waals surface area contributed by atoms with E-state index in [2.05, 4.69) is 10.6 Å². The molecule has 6 nitrogen and oxygen atoms in total. The van der Waals surface area contributed by atoms with Crippen LogP contribution in [0.1, 0.15) is 27.7 Å². The average molecular weight is 230 g/mol. The number of carboxylic acid groups (broad SMARTS) is 1. The second-order valence-corrected chi connectivity index (χ2v) is 4.33. The van der Waals surface area contributed by atoms with Gasteiger partial charge < -0.3 is 15.7 Å². The van der Waals surface area contributed by atoms with Gasteiger partial charge in [0.05, 0.1) is 5.41 Å². The van der Waals surface area contributed by atoms with E-state index in [0.29, 0.717) is 0 Å². The summed E-state index contributed by atoms with van der Waals surface area (Å²) < 4.78 is 0. The van der Waals surface area contributed by atoms with Gasteiger partial charge >= 0.3 is 5.97 Å². The Balaban J connectivity index is 4.17.